The second-order valence-corrected chi connectivity index (χ2v) is 1.54. The SMILES string of the molecule is O=C(O)C=CC(=O)CCl. The van der Waals surface area contributed by atoms with Crippen LogP contribution in [-0.4, -0.2) is 22.7 Å². The minimum absolute atomic E-state index is 0.177. The van der Waals surface area contributed by atoms with Crippen LogP contribution in [0.5, 0.6) is 0 Å². The molecule has 1 N–H and O–H groups in total. The molecule has 4 heteroatoms. The molecule has 0 radical (unpaired) electrons. The summed E-state index contributed by atoms with van der Waals surface area (Å²) >= 11 is 5.04. The van der Waals surface area contributed by atoms with E-state index in [4.69, 9.17) is 16.7 Å². The Morgan fingerprint density at radius 2 is 2.00 bits per heavy atom. The third-order valence-electron chi connectivity index (χ3n) is 0.544. The molecule has 0 aliphatic rings. The van der Waals surface area contributed by atoms with Gasteiger partial charge in [-0.3, -0.25) is 4.79 Å². The molecule has 0 aromatic rings. The van der Waals surface area contributed by atoms with Gasteiger partial charge in [0, 0.05) is 6.08 Å². The number of alkyl halides is 1. The maximum Gasteiger partial charge on any atom is 0.328 e. The molecule has 50 valence electrons. The van der Waals surface area contributed by atoms with Crippen molar-refractivity contribution in [3.8, 4) is 0 Å². The van der Waals surface area contributed by atoms with Gasteiger partial charge < -0.3 is 5.11 Å². The molecule has 0 spiro atoms. The number of carbonyl (C=O) groups is 2. The Morgan fingerprint density at radius 3 is 2.33 bits per heavy atom. The summed E-state index contributed by atoms with van der Waals surface area (Å²) < 4.78 is 0. The summed E-state index contributed by atoms with van der Waals surface area (Å²) in [5, 5.41) is 7.98. The minimum Gasteiger partial charge on any atom is -0.478 e. The Bertz CT molecular complexity index is 150. The van der Waals surface area contributed by atoms with Gasteiger partial charge in [-0.1, -0.05) is 0 Å². The number of hydrogen-bond donors (Lipinski definition) is 1. The molecule has 0 unspecified atom stereocenters. The molecule has 0 fully saturated rings. The number of halogens is 1. The predicted octanol–water partition coefficient (Wildman–Crippen LogP) is 0.435. The van der Waals surface area contributed by atoms with Crippen LogP contribution in [0.1, 0.15) is 0 Å². The van der Waals surface area contributed by atoms with E-state index in [1.165, 1.54) is 0 Å². The molecule has 0 atom stereocenters. The second kappa shape index (κ2) is 4.09. The van der Waals surface area contributed by atoms with Crippen LogP contribution in [0, 0.1) is 0 Å². The molecule has 0 aromatic heterocycles. The van der Waals surface area contributed by atoms with Crippen molar-refractivity contribution in [1.29, 1.82) is 0 Å². The lowest BCUT2D eigenvalue weighted by atomic mass is 10.4. The summed E-state index contributed by atoms with van der Waals surface area (Å²) in [5.41, 5.74) is 0. The van der Waals surface area contributed by atoms with Crippen LogP contribution in [0.4, 0.5) is 0 Å². The van der Waals surface area contributed by atoms with Gasteiger partial charge in [0.05, 0.1) is 5.88 Å². The Balaban J connectivity index is 3.71. The molecule has 3 nitrogen and oxygen atoms in total. The van der Waals surface area contributed by atoms with Crippen molar-refractivity contribution >= 4 is 23.4 Å². The lowest BCUT2D eigenvalue weighted by molar-refractivity contribution is -0.131. The van der Waals surface area contributed by atoms with Crippen LogP contribution < -0.4 is 0 Å². The fourth-order valence-corrected chi connectivity index (χ4v) is 0.298. The lowest BCUT2D eigenvalue weighted by Gasteiger charge is -1.79. The number of ketones is 1. The van der Waals surface area contributed by atoms with Gasteiger partial charge >= 0.3 is 5.97 Å². The molecular weight excluding hydrogens is 144 g/mol. The average Bonchev–Trinajstić information content (AvgIpc) is 1.83. The molecular formula is C5H5ClO3. The molecule has 0 heterocycles. The fourth-order valence-electron chi connectivity index (χ4n) is 0.209. The third kappa shape index (κ3) is 5.03. The summed E-state index contributed by atoms with van der Waals surface area (Å²) in [6, 6.07) is 0. The first kappa shape index (κ1) is 8.17. The molecule has 0 saturated heterocycles. The first-order valence-electron chi connectivity index (χ1n) is 2.16. The lowest BCUT2D eigenvalue weighted by Crippen LogP contribution is -1.95. The number of carboxylic acids is 1. The predicted molar refractivity (Wildman–Crippen MR) is 32.5 cm³/mol. The standard InChI is InChI=1S/C5H5ClO3/c6-3-4(7)1-2-5(8)9/h1-2H,3H2,(H,8,9). The first-order chi connectivity index (χ1) is 4.16. The van der Waals surface area contributed by atoms with Gasteiger partial charge in [-0.25, -0.2) is 4.79 Å². The van der Waals surface area contributed by atoms with E-state index in [1.807, 2.05) is 0 Å². The number of hydrogen-bond acceptors (Lipinski definition) is 2. The van der Waals surface area contributed by atoms with Crippen LogP contribution in [0.25, 0.3) is 0 Å². The van der Waals surface area contributed by atoms with Gasteiger partial charge in [0.15, 0.2) is 5.78 Å². The quantitative estimate of drug-likeness (QED) is 0.467. The summed E-state index contributed by atoms with van der Waals surface area (Å²) in [4.78, 5) is 20.0. The number of allylic oxidation sites excluding steroid dienone is 1. The highest BCUT2D eigenvalue weighted by Gasteiger charge is 1.92. The zero-order chi connectivity index (χ0) is 7.28. The summed E-state index contributed by atoms with van der Waals surface area (Å²) in [5.74, 6) is -1.73. The Kier molecular flexibility index (Phi) is 3.71. The van der Waals surface area contributed by atoms with E-state index in [0.29, 0.717) is 0 Å². The molecule has 0 rings (SSSR count). The Morgan fingerprint density at radius 1 is 1.44 bits per heavy atom. The van der Waals surface area contributed by atoms with Gasteiger partial charge in [0.2, 0.25) is 0 Å². The maximum absolute atomic E-state index is 10.2. The van der Waals surface area contributed by atoms with Crippen LogP contribution in [-0.2, 0) is 9.59 Å². The third-order valence-corrected chi connectivity index (χ3v) is 0.807. The minimum atomic E-state index is -1.14. The zero-order valence-electron chi connectivity index (χ0n) is 4.50. The van der Waals surface area contributed by atoms with Gasteiger partial charge in [-0.05, 0) is 6.08 Å². The molecule has 0 amide bonds. The summed E-state index contributed by atoms with van der Waals surface area (Å²) in [6.45, 7) is 0. The molecule has 0 saturated carbocycles. The maximum atomic E-state index is 10.2. The van der Waals surface area contributed by atoms with Crippen LogP contribution >= 0.6 is 11.6 Å². The first-order valence-corrected chi connectivity index (χ1v) is 2.70. The molecule has 9 heavy (non-hydrogen) atoms. The molecule has 0 aliphatic carbocycles. The number of rotatable bonds is 3. The van der Waals surface area contributed by atoms with E-state index >= 15 is 0 Å². The van der Waals surface area contributed by atoms with Crippen molar-refractivity contribution in [2.24, 2.45) is 0 Å². The van der Waals surface area contributed by atoms with E-state index < -0.39 is 11.8 Å². The Labute approximate surface area is 56.9 Å². The van der Waals surface area contributed by atoms with Crippen molar-refractivity contribution in [2.45, 2.75) is 0 Å². The van der Waals surface area contributed by atoms with Gasteiger partial charge in [0.1, 0.15) is 0 Å². The van der Waals surface area contributed by atoms with E-state index in [-0.39, 0.29) is 5.88 Å². The van der Waals surface area contributed by atoms with E-state index in [0.717, 1.165) is 12.2 Å². The highest BCUT2D eigenvalue weighted by atomic mass is 35.5. The largest absolute Gasteiger partial charge is 0.478 e. The van der Waals surface area contributed by atoms with Crippen molar-refractivity contribution in [1.82, 2.24) is 0 Å². The van der Waals surface area contributed by atoms with Crippen molar-refractivity contribution in [3.63, 3.8) is 0 Å². The van der Waals surface area contributed by atoms with E-state index in [1.54, 1.807) is 0 Å². The van der Waals surface area contributed by atoms with Crippen molar-refractivity contribution in [3.05, 3.63) is 12.2 Å². The van der Waals surface area contributed by atoms with Crippen LogP contribution in [0.15, 0.2) is 12.2 Å². The van der Waals surface area contributed by atoms with Crippen LogP contribution in [0.3, 0.4) is 0 Å². The average molecular weight is 149 g/mol. The molecule has 0 aromatic carbocycles. The Hall–Kier alpha value is -0.830. The number of aliphatic carboxylic acids is 1. The normalized spacial score (nSPS) is 9.89. The molecule has 0 bridgehead atoms. The van der Waals surface area contributed by atoms with Gasteiger partial charge in [-0.2, -0.15) is 0 Å². The summed E-state index contributed by atoms with van der Waals surface area (Å²) in [6.07, 6.45) is 1.68. The number of carbonyl (C=O) groups excluding carboxylic acids is 1. The second-order valence-electron chi connectivity index (χ2n) is 1.27. The van der Waals surface area contributed by atoms with Crippen LogP contribution in [0.2, 0.25) is 0 Å². The van der Waals surface area contributed by atoms with E-state index in [9.17, 15) is 9.59 Å². The van der Waals surface area contributed by atoms with Gasteiger partial charge in [0.25, 0.3) is 0 Å². The zero-order valence-corrected chi connectivity index (χ0v) is 5.26. The summed E-state index contributed by atoms with van der Waals surface area (Å²) in [7, 11) is 0. The van der Waals surface area contributed by atoms with Gasteiger partial charge in [-0.15, -0.1) is 11.6 Å². The van der Waals surface area contributed by atoms with E-state index in [2.05, 4.69) is 0 Å². The monoisotopic (exact) mass is 148 g/mol. The fraction of sp³-hybridized carbons (Fsp3) is 0.200. The smallest absolute Gasteiger partial charge is 0.328 e. The highest BCUT2D eigenvalue weighted by Crippen LogP contribution is 1.81. The molecule has 0 aliphatic heterocycles. The topological polar surface area (TPSA) is 54.4 Å². The van der Waals surface area contributed by atoms with Crippen molar-refractivity contribution in [2.75, 3.05) is 5.88 Å². The number of carboxylic acid groups (broad SMARTS) is 1. The highest BCUT2D eigenvalue weighted by molar-refractivity contribution is 6.29. The van der Waals surface area contributed by atoms with Crippen molar-refractivity contribution < 1.29 is 14.7 Å².